The average molecular weight is 440 g/mol. The average Bonchev–Trinajstić information content (AvgIpc) is 2.70. The number of hydrogen-bond acceptors (Lipinski definition) is 11. The van der Waals surface area contributed by atoms with Crippen molar-refractivity contribution in [2.24, 2.45) is 0 Å². The van der Waals surface area contributed by atoms with Crippen LogP contribution in [0.25, 0.3) is 0 Å². The normalized spacial score (nSPS) is 25.1. The van der Waals surface area contributed by atoms with E-state index in [4.69, 9.17) is 28.4 Å². The highest BCUT2D eigenvalue weighted by molar-refractivity contribution is 5.77. The third-order valence-electron chi connectivity index (χ3n) is 4.22. The van der Waals surface area contributed by atoms with Crippen molar-refractivity contribution in [3.63, 3.8) is 0 Å². The van der Waals surface area contributed by atoms with Crippen LogP contribution in [0, 0.1) is 0 Å². The van der Waals surface area contributed by atoms with Crippen LogP contribution < -0.4 is 4.74 Å². The Morgan fingerprint density at radius 1 is 0.903 bits per heavy atom. The van der Waals surface area contributed by atoms with Crippen LogP contribution in [0.5, 0.6) is 5.75 Å². The van der Waals surface area contributed by atoms with Crippen LogP contribution in [0.1, 0.15) is 26.3 Å². The van der Waals surface area contributed by atoms with E-state index in [2.05, 4.69) is 0 Å². The van der Waals surface area contributed by atoms with Crippen LogP contribution in [0.2, 0.25) is 0 Å². The molecule has 0 saturated carbocycles. The highest BCUT2D eigenvalue weighted by Gasteiger charge is 2.55. The van der Waals surface area contributed by atoms with E-state index in [-0.39, 0.29) is 12.4 Å². The predicted molar refractivity (Wildman–Crippen MR) is 100 cm³/mol. The molecule has 11 heteroatoms. The van der Waals surface area contributed by atoms with Crippen LogP contribution in [-0.4, -0.2) is 66.8 Å². The number of ether oxygens (including phenoxy) is 6. The third-order valence-corrected chi connectivity index (χ3v) is 4.22. The van der Waals surface area contributed by atoms with Crippen LogP contribution >= 0.6 is 0 Å². The lowest BCUT2D eigenvalue weighted by molar-refractivity contribution is -0.282. The summed E-state index contributed by atoms with van der Waals surface area (Å²) in [6.07, 6.45) is -7.38. The zero-order valence-corrected chi connectivity index (χ0v) is 17.4. The molecule has 1 aliphatic rings. The standard InChI is InChI=1S/C20H24O11/c1-10(22)27-15-16(28-11(2)23)18(29-12(3)24)20(31-17(15)19(25)26-4)30-14-8-6-5-7-13(14)9-21/h5-8,15-18,20-21H,9H2,1-4H3/t15-,16-,17-,18+,20+/m0/s1. The Kier molecular flexibility index (Phi) is 8.34. The van der Waals surface area contributed by atoms with Crippen molar-refractivity contribution in [2.75, 3.05) is 7.11 Å². The second-order valence-electron chi connectivity index (χ2n) is 6.55. The Morgan fingerprint density at radius 3 is 2.00 bits per heavy atom. The summed E-state index contributed by atoms with van der Waals surface area (Å²) in [5.74, 6) is -3.13. The number of para-hydroxylation sites is 1. The van der Waals surface area contributed by atoms with E-state index >= 15 is 0 Å². The van der Waals surface area contributed by atoms with Crippen molar-refractivity contribution in [3.8, 4) is 5.75 Å². The molecular weight excluding hydrogens is 416 g/mol. The first kappa shape index (κ1) is 24.1. The van der Waals surface area contributed by atoms with Crippen molar-refractivity contribution in [2.45, 2.75) is 58.1 Å². The summed E-state index contributed by atoms with van der Waals surface area (Å²) in [5.41, 5.74) is 0.383. The summed E-state index contributed by atoms with van der Waals surface area (Å²) in [6.45, 7) is 2.91. The lowest BCUT2D eigenvalue weighted by Gasteiger charge is -2.43. The number of esters is 4. The van der Waals surface area contributed by atoms with Crippen LogP contribution in [0.3, 0.4) is 0 Å². The smallest absolute Gasteiger partial charge is 0.339 e. The number of carbonyl (C=O) groups excluding carboxylic acids is 4. The summed E-state index contributed by atoms with van der Waals surface area (Å²) < 4.78 is 31.8. The first-order valence-electron chi connectivity index (χ1n) is 9.28. The highest BCUT2D eigenvalue weighted by Crippen LogP contribution is 2.32. The minimum absolute atomic E-state index is 0.170. The number of hydrogen-bond donors (Lipinski definition) is 1. The van der Waals surface area contributed by atoms with Gasteiger partial charge in [0.2, 0.25) is 12.4 Å². The minimum atomic E-state index is -1.56. The van der Waals surface area contributed by atoms with Crippen molar-refractivity contribution >= 4 is 23.9 Å². The second-order valence-corrected chi connectivity index (χ2v) is 6.55. The fraction of sp³-hybridized carbons (Fsp3) is 0.500. The van der Waals surface area contributed by atoms with Gasteiger partial charge < -0.3 is 33.5 Å². The summed E-state index contributed by atoms with van der Waals surface area (Å²) >= 11 is 0. The molecule has 0 aliphatic carbocycles. The maximum atomic E-state index is 12.4. The fourth-order valence-corrected chi connectivity index (χ4v) is 3.05. The number of benzene rings is 1. The van der Waals surface area contributed by atoms with E-state index in [1.165, 1.54) is 6.07 Å². The molecule has 1 aromatic rings. The molecule has 0 amide bonds. The number of rotatable bonds is 7. The van der Waals surface area contributed by atoms with Crippen molar-refractivity contribution in [3.05, 3.63) is 29.8 Å². The van der Waals surface area contributed by atoms with E-state index in [9.17, 15) is 24.3 Å². The highest BCUT2D eigenvalue weighted by atomic mass is 16.7. The molecular formula is C20H24O11. The molecule has 1 aromatic carbocycles. The number of carbonyl (C=O) groups is 4. The molecule has 31 heavy (non-hydrogen) atoms. The minimum Gasteiger partial charge on any atom is -0.467 e. The number of methoxy groups -OCH3 is 1. The zero-order chi connectivity index (χ0) is 23.1. The van der Waals surface area contributed by atoms with Gasteiger partial charge in [-0.25, -0.2) is 4.79 Å². The molecule has 0 spiro atoms. The molecule has 11 nitrogen and oxygen atoms in total. The van der Waals surface area contributed by atoms with Crippen molar-refractivity contribution in [1.82, 2.24) is 0 Å². The first-order chi connectivity index (χ1) is 14.7. The van der Waals surface area contributed by atoms with Gasteiger partial charge in [0, 0.05) is 26.3 Å². The van der Waals surface area contributed by atoms with E-state index in [1.807, 2.05) is 0 Å². The Hall–Kier alpha value is -3.18. The number of aliphatic hydroxyl groups excluding tert-OH is 1. The molecule has 1 heterocycles. The summed E-state index contributed by atoms with van der Waals surface area (Å²) in [5, 5.41) is 9.54. The Labute approximate surface area is 178 Å². The summed E-state index contributed by atoms with van der Waals surface area (Å²) in [7, 11) is 1.09. The third kappa shape index (κ3) is 6.15. The second kappa shape index (κ2) is 10.7. The SMILES string of the molecule is COC(=O)[C@H]1O[C@@H](Oc2ccccc2CO)[C@H](OC(C)=O)[C@@H](OC(C)=O)[C@@H]1OC(C)=O. The zero-order valence-electron chi connectivity index (χ0n) is 17.4. The van der Waals surface area contributed by atoms with Gasteiger partial charge in [-0.15, -0.1) is 0 Å². The Balaban J connectivity index is 2.52. The van der Waals surface area contributed by atoms with Crippen LogP contribution in [-0.2, 0) is 49.5 Å². The molecule has 0 radical (unpaired) electrons. The maximum Gasteiger partial charge on any atom is 0.339 e. The molecule has 5 atom stereocenters. The molecule has 1 aliphatic heterocycles. The van der Waals surface area contributed by atoms with Crippen LogP contribution in [0.15, 0.2) is 24.3 Å². The molecule has 1 N–H and O–H groups in total. The fourth-order valence-electron chi connectivity index (χ4n) is 3.05. The molecule has 0 aromatic heterocycles. The van der Waals surface area contributed by atoms with E-state index in [0.717, 1.165) is 27.9 Å². The molecule has 170 valence electrons. The van der Waals surface area contributed by atoms with Gasteiger partial charge in [-0.2, -0.15) is 0 Å². The van der Waals surface area contributed by atoms with E-state index in [1.54, 1.807) is 18.2 Å². The monoisotopic (exact) mass is 440 g/mol. The van der Waals surface area contributed by atoms with Gasteiger partial charge in [0.1, 0.15) is 5.75 Å². The molecule has 1 fully saturated rings. The Morgan fingerprint density at radius 2 is 1.45 bits per heavy atom. The number of aliphatic hydroxyl groups is 1. The topological polar surface area (TPSA) is 144 Å². The van der Waals surface area contributed by atoms with E-state index < -0.39 is 54.6 Å². The van der Waals surface area contributed by atoms with Gasteiger partial charge in [0.25, 0.3) is 0 Å². The van der Waals surface area contributed by atoms with E-state index in [0.29, 0.717) is 5.56 Å². The van der Waals surface area contributed by atoms with Gasteiger partial charge in [-0.05, 0) is 6.07 Å². The quantitative estimate of drug-likeness (QED) is 0.460. The predicted octanol–water partition coefficient (Wildman–Crippen LogP) is 0.251. The molecule has 1 saturated heterocycles. The van der Waals surface area contributed by atoms with Gasteiger partial charge >= 0.3 is 23.9 Å². The molecule has 2 rings (SSSR count). The van der Waals surface area contributed by atoms with Gasteiger partial charge in [0.05, 0.1) is 13.7 Å². The van der Waals surface area contributed by atoms with Crippen molar-refractivity contribution in [1.29, 1.82) is 0 Å². The maximum absolute atomic E-state index is 12.4. The first-order valence-corrected chi connectivity index (χ1v) is 9.28. The Bertz CT molecular complexity index is 821. The molecule has 0 bridgehead atoms. The lowest BCUT2D eigenvalue weighted by Crippen LogP contribution is -2.64. The van der Waals surface area contributed by atoms with Gasteiger partial charge in [-0.3, -0.25) is 14.4 Å². The summed E-state index contributed by atoms with van der Waals surface area (Å²) in [4.78, 5) is 47.5. The van der Waals surface area contributed by atoms with Gasteiger partial charge in [-0.1, -0.05) is 18.2 Å². The largest absolute Gasteiger partial charge is 0.467 e. The van der Waals surface area contributed by atoms with Gasteiger partial charge in [0.15, 0.2) is 18.3 Å². The summed E-state index contributed by atoms with van der Waals surface area (Å²) in [6, 6.07) is 6.40. The molecule has 0 unspecified atom stereocenters. The van der Waals surface area contributed by atoms with Crippen LogP contribution in [0.4, 0.5) is 0 Å². The van der Waals surface area contributed by atoms with Crippen molar-refractivity contribution < 1.29 is 52.7 Å². The lowest BCUT2D eigenvalue weighted by atomic mass is 9.97.